The first-order valence-corrected chi connectivity index (χ1v) is 4.44. The summed E-state index contributed by atoms with van der Waals surface area (Å²) >= 11 is 0. The summed E-state index contributed by atoms with van der Waals surface area (Å²) in [5.74, 6) is 0. The Balaban J connectivity index is 2.06. The van der Waals surface area contributed by atoms with Crippen molar-refractivity contribution in [1.82, 2.24) is 0 Å². The molecule has 3 atom stereocenters. The van der Waals surface area contributed by atoms with E-state index in [1.807, 2.05) is 6.08 Å². The van der Waals surface area contributed by atoms with Gasteiger partial charge in [-0.25, -0.2) is 0 Å². The summed E-state index contributed by atoms with van der Waals surface area (Å²) in [6.07, 6.45) is 9.85. The smallest absolute Gasteiger partial charge is 0.0818 e. The van der Waals surface area contributed by atoms with E-state index in [2.05, 4.69) is 25.2 Å². The second-order valence-corrected chi connectivity index (χ2v) is 3.94. The summed E-state index contributed by atoms with van der Waals surface area (Å²) < 4.78 is 5.21. The topological polar surface area (TPSA) is 38.5 Å². The van der Waals surface area contributed by atoms with Crippen LogP contribution < -0.4 is 5.73 Å². The molecule has 12 heavy (non-hydrogen) atoms. The summed E-state index contributed by atoms with van der Waals surface area (Å²) in [6, 6.07) is 0.145. The second kappa shape index (κ2) is 2.71. The summed E-state index contributed by atoms with van der Waals surface area (Å²) in [5.41, 5.74) is 6.10. The van der Waals surface area contributed by atoms with E-state index in [0.29, 0.717) is 6.10 Å². The Morgan fingerprint density at radius 3 is 2.92 bits per heavy atom. The van der Waals surface area contributed by atoms with Gasteiger partial charge >= 0.3 is 0 Å². The molecule has 0 aromatic carbocycles. The highest BCUT2D eigenvalue weighted by Crippen LogP contribution is 2.35. The van der Waals surface area contributed by atoms with Crippen molar-refractivity contribution in [2.75, 3.05) is 6.61 Å². The van der Waals surface area contributed by atoms with Crippen LogP contribution in [0.3, 0.4) is 0 Å². The van der Waals surface area contributed by atoms with Gasteiger partial charge in [0.1, 0.15) is 0 Å². The quantitative estimate of drug-likeness (QED) is 0.625. The maximum Gasteiger partial charge on any atom is 0.0818 e. The molecule has 0 bridgehead atoms. The van der Waals surface area contributed by atoms with Gasteiger partial charge < -0.3 is 10.5 Å². The lowest BCUT2D eigenvalue weighted by molar-refractivity contribution is 0.286. The Labute approximate surface area is 73.1 Å². The molecule has 66 valence electrons. The Morgan fingerprint density at radius 2 is 2.33 bits per heavy atom. The molecule has 1 saturated heterocycles. The van der Waals surface area contributed by atoms with Crippen molar-refractivity contribution >= 4 is 0 Å². The van der Waals surface area contributed by atoms with Crippen molar-refractivity contribution in [3.8, 4) is 0 Å². The van der Waals surface area contributed by atoms with Crippen LogP contribution in [0.4, 0.5) is 0 Å². The molecule has 2 aliphatic rings. The zero-order valence-corrected chi connectivity index (χ0v) is 7.36. The lowest BCUT2D eigenvalue weighted by Crippen LogP contribution is -2.38. The van der Waals surface area contributed by atoms with Crippen molar-refractivity contribution < 1.29 is 4.74 Å². The molecular formula is C10H15NO. The fourth-order valence-corrected chi connectivity index (χ4v) is 1.67. The van der Waals surface area contributed by atoms with Crippen LogP contribution in [0.15, 0.2) is 24.3 Å². The van der Waals surface area contributed by atoms with E-state index in [4.69, 9.17) is 10.5 Å². The SMILES string of the molecule is CC1(CC2CO2)C=CC=CC1N. The van der Waals surface area contributed by atoms with E-state index in [-0.39, 0.29) is 11.5 Å². The molecule has 0 aromatic rings. The van der Waals surface area contributed by atoms with Crippen molar-refractivity contribution in [3.63, 3.8) is 0 Å². The Bertz CT molecular complexity index is 230. The molecule has 2 heteroatoms. The molecule has 2 nitrogen and oxygen atoms in total. The number of hydrogen-bond donors (Lipinski definition) is 1. The van der Waals surface area contributed by atoms with Gasteiger partial charge in [-0.1, -0.05) is 31.2 Å². The van der Waals surface area contributed by atoms with Crippen molar-refractivity contribution in [1.29, 1.82) is 0 Å². The molecule has 2 N–H and O–H groups in total. The first kappa shape index (κ1) is 8.02. The van der Waals surface area contributed by atoms with Crippen LogP contribution in [0.25, 0.3) is 0 Å². The standard InChI is InChI=1S/C10H15NO/c1-10(6-8-7-12-8)5-3-2-4-9(10)11/h2-5,8-9H,6-7,11H2,1H3. The highest BCUT2D eigenvalue weighted by molar-refractivity contribution is 5.21. The Kier molecular flexibility index (Phi) is 1.81. The van der Waals surface area contributed by atoms with Gasteiger partial charge in [0.2, 0.25) is 0 Å². The van der Waals surface area contributed by atoms with E-state index in [0.717, 1.165) is 13.0 Å². The maximum atomic E-state index is 6.00. The number of hydrogen-bond acceptors (Lipinski definition) is 2. The third-order valence-corrected chi connectivity index (χ3v) is 2.74. The van der Waals surface area contributed by atoms with Gasteiger partial charge in [0.05, 0.1) is 12.7 Å². The minimum atomic E-state index is 0.107. The predicted octanol–water partition coefficient (Wildman–Crippen LogP) is 1.23. The normalized spacial score (nSPS) is 44.8. The Morgan fingerprint density at radius 1 is 1.58 bits per heavy atom. The number of epoxide rings is 1. The number of allylic oxidation sites excluding steroid dienone is 2. The van der Waals surface area contributed by atoms with Crippen molar-refractivity contribution in [2.45, 2.75) is 25.5 Å². The lowest BCUT2D eigenvalue weighted by Gasteiger charge is -2.32. The molecule has 0 radical (unpaired) electrons. The number of ether oxygens (including phenoxy) is 1. The van der Waals surface area contributed by atoms with Gasteiger partial charge in [-0.2, -0.15) is 0 Å². The highest BCUT2D eigenvalue weighted by Gasteiger charge is 2.36. The third-order valence-electron chi connectivity index (χ3n) is 2.74. The molecule has 0 aromatic heterocycles. The van der Waals surface area contributed by atoms with Gasteiger partial charge in [-0.15, -0.1) is 0 Å². The van der Waals surface area contributed by atoms with E-state index >= 15 is 0 Å². The molecule has 2 rings (SSSR count). The van der Waals surface area contributed by atoms with Crippen LogP contribution in [-0.4, -0.2) is 18.8 Å². The number of nitrogens with two attached hydrogens (primary N) is 1. The molecule has 1 aliphatic heterocycles. The fourth-order valence-electron chi connectivity index (χ4n) is 1.67. The van der Waals surface area contributed by atoms with Crippen LogP contribution in [0.1, 0.15) is 13.3 Å². The monoisotopic (exact) mass is 165 g/mol. The van der Waals surface area contributed by atoms with E-state index in [9.17, 15) is 0 Å². The predicted molar refractivity (Wildman–Crippen MR) is 48.7 cm³/mol. The molecule has 3 unspecified atom stereocenters. The average Bonchev–Trinajstić information content (AvgIpc) is 2.79. The largest absolute Gasteiger partial charge is 0.373 e. The highest BCUT2D eigenvalue weighted by atomic mass is 16.6. The summed E-state index contributed by atoms with van der Waals surface area (Å²) in [6.45, 7) is 3.11. The molecule has 0 spiro atoms. The van der Waals surface area contributed by atoms with Crippen LogP contribution in [0.5, 0.6) is 0 Å². The third kappa shape index (κ3) is 1.45. The first-order valence-electron chi connectivity index (χ1n) is 4.44. The summed E-state index contributed by atoms with van der Waals surface area (Å²) in [4.78, 5) is 0. The maximum absolute atomic E-state index is 6.00. The van der Waals surface area contributed by atoms with E-state index < -0.39 is 0 Å². The summed E-state index contributed by atoms with van der Waals surface area (Å²) in [5, 5.41) is 0. The van der Waals surface area contributed by atoms with E-state index in [1.165, 1.54) is 0 Å². The molecular weight excluding hydrogens is 150 g/mol. The number of rotatable bonds is 2. The van der Waals surface area contributed by atoms with Gasteiger partial charge in [-0.05, 0) is 6.42 Å². The van der Waals surface area contributed by atoms with Crippen LogP contribution in [-0.2, 0) is 4.74 Å². The molecule has 0 amide bonds. The van der Waals surface area contributed by atoms with Crippen molar-refractivity contribution in [2.24, 2.45) is 11.1 Å². The van der Waals surface area contributed by atoms with E-state index in [1.54, 1.807) is 0 Å². The lowest BCUT2D eigenvalue weighted by atomic mass is 9.76. The molecule has 1 fully saturated rings. The van der Waals surface area contributed by atoms with Crippen LogP contribution in [0, 0.1) is 5.41 Å². The second-order valence-electron chi connectivity index (χ2n) is 3.94. The minimum Gasteiger partial charge on any atom is -0.373 e. The first-order chi connectivity index (χ1) is 5.71. The average molecular weight is 165 g/mol. The van der Waals surface area contributed by atoms with Gasteiger partial charge in [0.15, 0.2) is 0 Å². The van der Waals surface area contributed by atoms with Crippen LogP contribution in [0.2, 0.25) is 0 Å². The van der Waals surface area contributed by atoms with Gasteiger partial charge in [0.25, 0.3) is 0 Å². The summed E-state index contributed by atoms with van der Waals surface area (Å²) in [7, 11) is 0. The molecule has 0 saturated carbocycles. The zero-order valence-electron chi connectivity index (χ0n) is 7.36. The molecule has 1 aliphatic carbocycles. The minimum absolute atomic E-state index is 0.107. The van der Waals surface area contributed by atoms with Crippen LogP contribution >= 0.6 is 0 Å². The van der Waals surface area contributed by atoms with Gasteiger partial charge in [0, 0.05) is 11.5 Å². The fraction of sp³-hybridized carbons (Fsp3) is 0.600. The Hall–Kier alpha value is -0.600. The molecule has 1 heterocycles. The zero-order chi connectivity index (χ0) is 8.60. The van der Waals surface area contributed by atoms with Crippen molar-refractivity contribution in [3.05, 3.63) is 24.3 Å². The van der Waals surface area contributed by atoms with Gasteiger partial charge in [-0.3, -0.25) is 0 Å².